The van der Waals surface area contributed by atoms with Gasteiger partial charge >= 0.3 is 0 Å². The van der Waals surface area contributed by atoms with Gasteiger partial charge < -0.3 is 16.0 Å². The largest absolute Gasteiger partial charge is 0.326 e. The van der Waals surface area contributed by atoms with Crippen LogP contribution >= 0.6 is 0 Å². The average Bonchev–Trinajstić information content (AvgIpc) is 2.96. The topological polar surface area (TPSA) is 53.2 Å². The van der Waals surface area contributed by atoms with Crippen LogP contribution in [0.5, 0.6) is 0 Å². The zero-order chi connectivity index (χ0) is 12.4. The van der Waals surface area contributed by atoms with Gasteiger partial charge in [0.15, 0.2) is 0 Å². The Morgan fingerprint density at radius 2 is 2.33 bits per heavy atom. The lowest BCUT2D eigenvalue weighted by Gasteiger charge is -2.10. The minimum absolute atomic E-state index is 0.104. The van der Waals surface area contributed by atoms with E-state index in [1.807, 2.05) is 6.07 Å². The first-order chi connectivity index (χ1) is 8.81. The van der Waals surface area contributed by atoms with Gasteiger partial charge in [-0.2, -0.15) is 0 Å². The van der Waals surface area contributed by atoms with E-state index in [0.29, 0.717) is 6.42 Å². The van der Waals surface area contributed by atoms with Crippen LogP contribution in [0.4, 0.5) is 5.69 Å². The Morgan fingerprint density at radius 1 is 1.39 bits per heavy atom. The molecule has 1 aromatic carbocycles. The number of rotatable bonds is 4. The van der Waals surface area contributed by atoms with E-state index in [1.54, 1.807) is 0 Å². The van der Waals surface area contributed by atoms with Crippen molar-refractivity contribution in [3.05, 3.63) is 29.3 Å². The molecule has 2 aliphatic heterocycles. The molecule has 0 bridgehead atoms. The van der Waals surface area contributed by atoms with E-state index in [2.05, 4.69) is 28.1 Å². The van der Waals surface area contributed by atoms with Crippen molar-refractivity contribution in [2.75, 3.05) is 25.0 Å². The molecule has 1 saturated heterocycles. The van der Waals surface area contributed by atoms with Gasteiger partial charge in [-0.1, -0.05) is 12.1 Å². The van der Waals surface area contributed by atoms with Gasteiger partial charge in [0.1, 0.15) is 0 Å². The summed E-state index contributed by atoms with van der Waals surface area (Å²) in [5.74, 6) is 0.870. The Bertz CT molecular complexity index is 452. The molecule has 0 aromatic heterocycles. The molecule has 18 heavy (non-hydrogen) atoms. The van der Waals surface area contributed by atoms with Crippen molar-refractivity contribution in [1.82, 2.24) is 10.6 Å². The highest BCUT2D eigenvalue weighted by Crippen LogP contribution is 2.23. The Hall–Kier alpha value is -1.39. The molecule has 3 N–H and O–H groups in total. The quantitative estimate of drug-likeness (QED) is 0.738. The second-order valence-corrected chi connectivity index (χ2v) is 5.21. The molecule has 1 amide bonds. The van der Waals surface area contributed by atoms with E-state index in [1.165, 1.54) is 12.0 Å². The predicted octanol–water partition coefficient (Wildman–Crippen LogP) is 0.880. The molecule has 4 heteroatoms. The van der Waals surface area contributed by atoms with Crippen LogP contribution < -0.4 is 16.0 Å². The molecule has 3 rings (SSSR count). The molecular weight excluding hydrogens is 226 g/mol. The van der Waals surface area contributed by atoms with Gasteiger partial charge in [0.2, 0.25) is 5.91 Å². The number of amides is 1. The molecule has 1 aromatic rings. The number of hydrogen-bond acceptors (Lipinski definition) is 3. The number of nitrogens with one attached hydrogen (secondary N) is 3. The van der Waals surface area contributed by atoms with Crippen LogP contribution in [0.15, 0.2) is 18.2 Å². The molecule has 96 valence electrons. The van der Waals surface area contributed by atoms with E-state index in [0.717, 1.165) is 43.3 Å². The van der Waals surface area contributed by atoms with Gasteiger partial charge in [-0.05, 0) is 49.2 Å². The highest BCUT2D eigenvalue weighted by Gasteiger charge is 2.17. The van der Waals surface area contributed by atoms with Gasteiger partial charge in [0, 0.05) is 12.2 Å². The molecule has 1 fully saturated rings. The summed E-state index contributed by atoms with van der Waals surface area (Å²) in [4.78, 5) is 11.3. The van der Waals surface area contributed by atoms with Crippen molar-refractivity contribution in [3.8, 4) is 0 Å². The summed E-state index contributed by atoms with van der Waals surface area (Å²) in [6.07, 6.45) is 1.80. The lowest BCUT2D eigenvalue weighted by molar-refractivity contribution is -0.115. The van der Waals surface area contributed by atoms with Gasteiger partial charge in [-0.3, -0.25) is 4.79 Å². The maximum atomic E-state index is 11.3. The summed E-state index contributed by atoms with van der Waals surface area (Å²) in [5, 5.41) is 9.73. The minimum atomic E-state index is 0.104. The molecule has 2 aliphatic rings. The monoisotopic (exact) mass is 245 g/mol. The fourth-order valence-electron chi connectivity index (χ4n) is 2.70. The van der Waals surface area contributed by atoms with E-state index in [-0.39, 0.29) is 5.91 Å². The summed E-state index contributed by atoms with van der Waals surface area (Å²) in [5.41, 5.74) is 3.36. The van der Waals surface area contributed by atoms with Crippen molar-refractivity contribution in [2.24, 2.45) is 5.92 Å². The first-order valence-electron chi connectivity index (χ1n) is 6.64. The van der Waals surface area contributed by atoms with Crippen molar-refractivity contribution in [3.63, 3.8) is 0 Å². The summed E-state index contributed by atoms with van der Waals surface area (Å²) in [6, 6.07) is 6.23. The Balaban J connectivity index is 1.54. The first kappa shape index (κ1) is 11.7. The number of benzene rings is 1. The SMILES string of the molecule is O=C1Cc2cc(CNCC3CCNC3)ccc2N1. The third-order valence-corrected chi connectivity index (χ3v) is 3.72. The van der Waals surface area contributed by atoms with Crippen molar-refractivity contribution < 1.29 is 4.79 Å². The molecule has 2 heterocycles. The number of hydrogen-bond donors (Lipinski definition) is 3. The molecule has 1 atom stereocenters. The van der Waals surface area contributed by atoms with E-state index >= 15 is 0 Å². The number of carbonyl (C=O) groups excluding carboxylic acids is 1. The normalized spacial score (nSPS) is 22.0. The zero-order valence-corrected chi connectivity index (χ0v) is 10.5. The lowest BCUT2D eigenvalue weighted by Crippen LogP contribution is -2.24. The highest BCUT2D eigenvalue weighted by molar-refractivity contribution is 5.99. The molecule has 0 radical (unpaired) electrons. The smallest absolute Gasteiger partial charge is 0.228 e. The van der Waals surface area contributed by atoms with Crippen LogP contribution in [0.2, 0.25) is 0 Å². The summed E-state index contributed by atoms with van der Waals surface area (Å²) in [7, 11) is 0. The van der Waals surface area contributed by atoms with E-state index in [4.69, 9.17) is 0 Å². The van der Waals surface area contributed by atoms with Crippen molar-refractivity contribution in [2.45, 2.75) is 19.4 Å². The van der Waals surface area contributed by atoms with Gasteiger partial charge in [-0.15, -0.1) is 0 Å². The van der Waals surface area contributed by atoms with Crippen LogP contribution in [0, 0.1) is 5.92 Å². The first-order valence-corrected chi connectivity index (χ1v) is 6.64. The zero-order valence-electron chi connectivity index (χ0n) is 10.5. The molecule has 0 saturated carbocycles. The Labute approximate surface area is 107 Å². The molecule has 0 spiro atoms. The molecule has 1 unspecified atom stereocenters. The van der Waals surface area contributed by atoms with Crippen LogP contribution in [-0.2, 0) is 17.8 Å². The second kappa shape index (κ2) is 5.08. The maximum Gasteiger partial charge on any atom is 0.228 e. The Kier molecular flexibility index (Phi) is 3.30. The summed E-state index contributed by atoms with van der Waals surface area (Å²) >= 11 is 0. The lowest BCUT2D eigenvalue weighted by atomic mass is 10.1. The second-order valence-electron chi connectivity index (χ2n) is 5.21. The number of carbonyl (C=O) groups is 1. The number of anilines is 1. The minimum Gasteiger partial charge on any atom is -0.326 e. The highest BCUT2D eigenvalue weighted by atomic mass is 16.1. The predicted molar refractivity (Wildman–Crippen MR) is 71.5 cm³/mol. The van der Waals surface area contributed by atoms with Gasteiger partial charge in [0.25, 0.3) is 0 Å². The van der Waals surface area contributed by atoms with E-state index in [9.17, 15) is 4.79 Å². The van der Waals surface area contributed by atoms with Crippen LogP contribution in [-0.4, -0.2) is 25.5 Å². The van der Waals surface area contributed by atoms with Crippen LogP contribution in [0.3, 0.4) is 0 Å². The third-order valence-electron chi connectivity index (χ3n) is 3.72. The Morgan fingerprint density at radius 3 is 3.17 bits per heavy atom. The van der Waals surface area contributed by atoms with Crippen molar-refractivity contribution in [1.29, 1.82) is 0 Å². The van der Waals surface area contributed by atoms with Crippen molar-refractivity contribution >= 4 is 11.6 Å². The molecule has 0 aliphatic carbocycles. The molecular formula is C14H19N3O. The summed E-state index contributed by atoms with van der Waals surface area (Å²) in [6.45, 7) is 4.24. The maximum absolute atomic E-state index is 11.3. The fourth-order valence-corrected chi connectivity index (χ4v) is 2.70. The van der Waals surface area contributed by atoms with Crippen LogP contribution in [0.1, 0.15) is 17.5 Å². The average molecular weight is 245 g/mol. The van der Waals surface area contributed by atoms with Crippen LogP contribution in [0.25, 0.3) is 0 Å². The number of fused-ring (bicyclic) bond motifs is 1. The summed E-state index contributed by atoms with van der Waals surface area (Å²) < 4.78 is 0. The standard InChI is InChI=1S/C14H19N3O/c18-14-6-12-5-10(1-2-13(12)17-14)7-16-9-11-3-4-15-8-11/h1-2,5,11,15-16H,3-4,6-9H2,(H,17,18). The molecule has 4 nitrogen and oxygen atoms in total. The van der Waals surface area contributed by atoms with E-state index < -0.39 is 0 Å². The third kappa shape index (κ3) is 2.54. The van der Waals surface area contributed by atoms with Gasteiger partial charge in [-0.25, -0.2) is 0 Å². The fraction of sp³-hybridized carbons (Fsp3) is 0.500. The van der Waals surface area contributed by atoms with Gasteiger partial charge in [0.05, 0.1) is 6.42 Å².